The summed E-state index contributed by atoms with van der Waals surface area (Å²) in [6.45, 7) is 6.00. The van der Waals surface area contributed by atoms with E-state index in [0.29, 0.717) is 0 Å². The summed E-state index contributed by atoms with van der Waals surface area (Å²) in [6, 6.07) is 0.0185. The van der Waals surface area contributed by atoms with Gasteiger partial charge in [-0.15, -0.1) is 5.48 Å². The number of nitrogens with two attached hydrogens (primary N) is 1. The molecule has 0 spiro atoms. The van der Waals surface area contributed by atoms with Gasteiger partial charge in [0.1, 0.15) is 5.71 Å². The number of allylic oxidation sites excluding steroid dienone is 2. The van der Waals surface area contributed by atoms with Crippen molar-refractivity contribution >= 4 is 5.71 Å². The molecule has 3 N–H and O–H groups in total. The lowest BCUT2D eigenvalue weighted by Crippen LogP contribution is -2.83. The molecule has 2 rings (SSSR count). The lowest BCUT2D eigenvalue weighted by Gasteiger charge is -2.14. The van der Waals surface area contributed by atoms with Crippen LogP contribution in [0.2, 0.25) is 0 Å². The van der Waals surface area contributed by atoms with Gasteiger partial charge in [-0.1, -0.05) is 25.1 Å². The van der Waals surface area contributed by atoms with Crippen LogP contribution in [0.5, 0.6) is 0 Å². The Morgan fingerprint density at radius 2 is 2.20 bits per heavy atom. The van der Waals surface area contributed by atoms with E-state index in [1.54, 1.807) is 12.6 Å². The van der Waals surface area contributed by atoms with Gasteiger partial charge in [0.2, 0.25) is 0 Å². The zero-order chi connectivity index (χ0) is 11.3. The number of nitrogens with zero attached hydrogens (tertiary/aromatic N) is 1. The maximum absolute atomic E-state index is 4.95. The first-order valence-electron chi connectivity index (χ1n) is 5.07. The van der Waals surface area contributed by atoms with Crippen molar-refractivity contribution in [3.63, 3.8) is 0 Å². The first-order valence-corrected chi connectivity index (χ1v) is 5.07. The van der Waals surface area contributed by atoms with Crippen LogP contribution in [0.25, 0.3) is 0 Å². The van der Waals surface area contributed by atoms with Gasteiger partial charge in [-0.05, 0) is 12.5 Å². The highest BCUT2D eigenvalue weighted by Crippen LogP contribution is 2.16. The Morgan fingerprint density at radius 1 is 1.47 bits per heavy atom. The van der Waals surface area contributed by atoms with Gasteiger partial charge >= 0.3 is 0 Å². The monoisotopic (exact) mass is 212 g/mol. The van der Waals surface area contributed by atoms with Crippen LogP contribution in [0, 0.1) is 0 Å². The van der Waals surface area contributed by atoms with Crippen molar-refractivity contribution in [1.82, 2.24) is 5.48 Å². The Kier molecular flexibility index (Phi) is 4.48. The van der Waals surface area contributed by atoms with Crippen LogP contribution >= 0.6 is 0 Å². The number of nitrogens with one attached hydrogen (secondary N) is 1. The minimum atomic E-state index is 0.0185. The van der Waals surface area contributed by atoms with Gasteiger partial charge in [0.05, 0.1) is 7.11 Å². The second kappa shape index (κ2) is 5.65. The third kappa shape index (κ3) is 2.44. The smallest absolute Gasteiger partial charge is 0.168 e. The summed E-state index contributed by atoms with van der Waals surface area (Å²) in [4.78, 5) is 9.77. The van der Waals surface area contributed by atoms with Crippen LogP contribution in [0.4, 0.5) is 0 Å². The van der Waals surface area contributed by atoms with E-state index in [-0.39, 0.29) is 6.04 Å². The second-order valence-corrected chi connectivity index (χ2v) is 2.99. The van der Waals surface area contributed by atoms with Gasteiger partial charge in [-0.2, -0.15) is 5.48 Å². The fourth-order valence-corrected chi connectivity index (χ4v) is 1.41. The summed E-state index contributed by atoms with van der Waals surface area (Å²) < 4.78 is 0. The van der Waals surface area contributed by atoms with E-state index in [0.717, 1.165) is 17.0 Å². The first kappa shape index (κ1) is 11.9. The van der Waals surface area contributed by atoms with Gasteiger partial charge in [0.25, 0.3) is 0 Å². The van der Waals surface area contributed by atoms with Gasteiger partial charge in [0.15, 0.2) is 11.7 Å². The zero-order valence-corrected chi connectivity index (χ0v) is 9.57. The average molecular weight is 212 g/mol. The topological polar surface area (TPSA) is 59.5 Å². The van der Waals surface area contributed by atoms with Gasteiger partial charge in [0, 0.05) is 6.08 Å². The molecule has 0 aromatic heterocycles. The number of fused-ring (bicyclic) bond motifs is 1. The molecule has 1 heterocycles. The highest BCUT2D eigenvalue weighted by molar-refractivity contribution is 6.06. The molecule has 0 aromatic carbocycles. The lowest BCUT2D eigenvalue weighted by molar-refractivity contribution is -0.856. The predicted octanol–water partition coefficient (Wildman–Crippen LogP) is 0.241. The Balaban J connectivity index is 0.000000531. The molecule has 1 aliphatic heterocycles. The van der Waals surface area contributed by atoms with Crippen LogP contribution in [0.15, 0.2) is 28.6 Å². The number of oxime groups is 1. The standard InChI is InChI=1S/C8H11N3O2.C2H6/c1-5-3-4-6(9-12-2)8-7(5)10-13-11-8;1-2/h3-4,8-9,11H,1-2H3;1-2H3/p+1. The van der Waals surface area contributed by atoms with E-state index in [9.17, 15) is 0 Å². The molecule has 0 amide bonds. The SMILES string of the molecule is CC.CO[NH2+]C1=CC=C(C)C2=NONC12. The largest absolute Gasteiger partial charge is 0.298 e. The molecule has 0 fully saturated rings. The molecule has 0 bridgehead atoms. The van der Waals surface area contributed by atoms with Crippen LogP contribution in [0.1, 0.15) is 20.8 Å². The lowest BCUT2D eigenvalue weighted by atomic mass is 9.97. The Hall–Kier alpha value is -1.17. The first-order chi connectivity index (χ1) is 7.33. The maximum Gasteiger partial charge on any atom is 0.168 e. The van der Waals surface area contributed by atoms with Crippen LogP contribution in [-0.2, 0) is 9.78 Å². The van der Waals surface area contributed by atoms with E-state index < -0.39 is 0 Å². The van der Waals surface area contributed by atoms with Gasteiger partial charge in [-0.25, -0.2) is 4.84 Å². The van der Waals surface area contributed by atoms with Crippen molar-refractivity contribution in [2.24, 2.45) is 5.16 Å². The summed E-state index contributed by atoms with van der Waals surface area (Å²) in [7, 11) is 1.62. The zero-order valence-electron chi connectivity index (χ0n) is 9.57. The van der Waals surface area contributed by atoms with E-state index in [1.165, 1.54) is 0 Å². The van der Waals surface area contributed by atoms with Crippen LogP contribution in [-0.4, -0.2) is 18.9 Å². The predicted molar refractivity (Wildman–Crippen MR) is 57.6 cm³/mol. The maximum atomic E-state index is 4.95. The van der Waals surface area contributed by atoms with Crippen molar-refractivity contribution in [3.8, 4) is 0 Å². The second-order valence-electron chi connectivity index (χ2n) is 2.99. The molecule has 84 valence electrons. The van der Waals surface area contributed by atoms with E-state index in [2.05, 4.69) is 10.6 Å². The minimum absolute atomic E-state index is 0.0185. The molecule has 0 radical (unpaired) electrons. The molecule has 5 heteroatoms. The number of hydrogen-bond donors (Lipinski definition) is 2. The van der Waals surface area contributed by atoms with Gasteiger partial charge < -0.3 is 0 Å². The molecule has 1 atom stereocenters. The molecule has 5 nitrogen and oxygen atoms in total. The Labute approximate surface area is 89.7 Å². The summed E-state index contributed by atoms with van der Waals surface area (Å²) in [5, 5.41) is 3.89. The molecule has 1 aliphatic carbocycles. The molecule has 1 unspecified atom stereocenters. The molecule has 2 aliphatic rings. The van der Waals surface area contributed by atoms with E-state index in [1.807, 2.05) is 32.9 Å². The number of hydrogen-bond acceptors (Lipinski definition) is 4. The third-order valence-corrected chi connectivity index (χ3v) is 2.11. The van der Waals surface area contributed by atoms with Crippen molar-refractivity contribution < 1.29 is 15.3 Å². The molecular formula is C10H18N3O2+. The minimum Gasteiger partial charge on any atom is -0.298 e. The quantitative estimate of drug-likeness (QED) is 0.645. The highest BCUT2D eigenvalue weighted by Gasteiger charge is 2.33. The average Bonchev–Trinajstić information content (AvgIpc) is 2.75. The van der Waals surface area contributed by atoms with E-state index in [4.69, 9.17) is 9.78 Å². The molecule has 0 aromatic rings. The number of quaternary nitrogens is 1. The molecule has 0 saturated heterocycles. The van der Waals surface area contributed by atoms with Crippen LogP contribution < -0.4 is 11.0 Å². The van der Waals surface area contributed by atoms with Crippen LogP contribution in [0.3, 0.4) is 0 Å². The summed E-state index contributed by atoms with van der Waals surface area (Å²) in [5.41, 5.74) is 7.54. The summed E-state index contributed by atoms with van der Waals surface area (Å²) in [5.74, 6) is 0. The van der Waals surface area contributed by atoms with Crippen molar-refractivity contribution in [2.75, 3.05) is 7.11 Å². The Morgan fingerprint density at radius 3 is 2.87 bits per heavy atom. The van der Waals surface area contributed by atoms with Gasteiger partial charge in [-0.3, -0.25) is 4.94 Å². The number of rotatable bonds is 2. The molecular weight excluding hydrogens is 194 g/mol. The third-order valence-electron chi connectivity index (χ3n) is 2.11. The fourth-order valence-electron chi connectivity index (χ4n) is 1.41. The van der Waals surface area contributed by atoms with Crippen molar-refractivity contribution in [2.45, 2.75) is 26.8 Å². The normalized spacial score (nSPS) is 22.7. The van der Waals surface area contributed by atoms with E-state index >= 15 is 0 Å². The van der Waals surface area contributed by atoms with Crippen molar-refractivity contribution in [1.29, 1.82) is 0 Å². The number of hydroxylamine groups is 2. The fraction of sp³-hybridized carbons (Fsp3) is 0.500. The van der Waals surface area contributed by atoms with Crippen molar-refractivity contribution in [3.05, 3.63) is 23.4 Å². The molecule has 0 saturated carbocycles. The molecule has 15 heavy (non-hydrogen) atoms. The highest BCUT2D eigenvalue weighted by atomic mass is 16.8. The summed E-state index contributed by atoms with van der Waals surface area (Å²) in [6.07, 6.45) is 3.99. The Bertz CT molecular complexity index is 308. The summed E-state index contributed by atoms with van der Waals surface area (Å²) >= 11 is 0.